The Hall–Kier alpha value is -1.89. The first-order valence-electron chi connectivity index (χ1n) is 6.83. The predicted octanol–water partition coefficient (Wildman–Crippen LogP) is 2.94. The summed E-state index contributed by atoms with van der Waals surface area (Å²) in [5.41, 5.74) is 0.888. The SMILES string of the molecule is Cc1cc(OCC(=O)N[C@@H]2C[C@H]2c2ccc(Br)c(F)c2)no1. The maximum Gasteiger partial charge on any atom is 0.258 e. The van der Waals surface area contributed by atoms with Crippen LogP contribution in [-0.2, 0) is 4.79 Å². The zero-order valence-corrected chi connectivity index (χ0v) is 13.4. The van der Waals surface area contributed by atoms with Crippen LogP contribution in [0.25, 0.3) is 0 Å². The van der Waals surface area contributed by atoms with Gasteiger partial charge in [0.2, 0.25) is 0 Å². The Morgan fingerprint density at radius 3 is 3.05 bits per heavy atom. The number of benzene rings is 1. The van der Waals surface area contributed by atoms with Crippen molar-refractivity contribution in [3.05, 3.63) is 45.9 Å². The van der Waals surface area contributed by atoms with Crippen molar-refractivity contribution < 1.29 is 18.4 Å². The maximum atomic E-state index is 13.5. The van der Waals surface area contributed by atoms with Crippen molar-refractivity contribution in [1.29, 1.82) is 0 Å². The molecule has 1 saturated carbocycles. The Bertz CT molecular complexity index is 704. The minimum absolute atomic E-state index is 0.0238. The molecule has 1 N–H and O–H groups in total. The quantitative estimate of drug-likeness (QED) is 0.880. The molecule has 2 aromatic rings. The number of carbonyl (C=O) groups is 1. The number of nitrogens with one attached hydrogen (secondary N) is 1. The number of rotatable bonds is 5. The first kappa shape index (κ1) is 15.0. The average Bonchev–Trinajstić information content (AvgIpc) is 3.11. The molecule has 1 fully saturated rings. The van der Waals surface area contributed by atoms with Crippen molar-refractivity contribution in [3.63, 3.8) is 0 Å². The smallest absolute Gasteiger partial charge is 0.258 e. The highest BCUT2D eigenvalue weighted by molar-refractivity contribution is 9.10. The molecule has 5 nitrogen and oxygen atoms in total. The summed E-state index contributed by atoms with van der Waals surface area (Å²) >= 11 is 3.12. The molecule has 0 saturated heterocycles. The Morgan fingerprint density at radius 1 is 1.55 bits per heavy atom. The van der Waals surface area contributed by atoms with Gasteiger partial charge in [-0.05, 0) is 52.1 Å². The molecule has 116 valence electrons. The normalized spacial score (nSPS) is 19.8. The van der Waals surface area contributed by atoms with Gasteiger partial charge in [-0.1, -0.05) is 6.07 Å². The van der Waals surface area contributed by atoms with E-state index in [0.717, 1.165) is 12.0 Å². The van der Waals surface area contributed by atoms with E-state index in [2.05, 4.69) is 26.4 Å². The van der Waals surface area contributed by atoms with Crippen molar-refractivity contribution in [2.75, 3.05) is 6.61 Å². The molecule has 0 aliphatic heterocycles. The fraction of sp³-hybridized carbons (Fsp3) is 0.333. The van der Waals surface area contributed by atoms with E-state index < -0.39 is 0 Å². The second kappa shape index (κ2) is 6.08. The van der Waals surface area contributed by atoms with Crippen LogP contribution >= 0.6 is 15.9 Å². The lowest BCUT2D eigenvalue weighted by Crippen LogP contribution is -2.31. The fourth-order valence-electron chi connectivity index (χ4n) is 2.27. The zero-order valence-electron chi connectivity index (χ0n) is 11.8. The first-order chi connectivity index (χ1) is 10.5. The minimum Gasteiger partial charge on any atom is -0.465 e. The fourth-order valence-corrected chi connectivity index (χ4v) is 2.51. The molecule has 1 heterocycles. The van der Waals surface area contributed by atoms with Crippen LogP contribution in [0.5, 0.6) is 5.88 Å². The number of amides is 1. The topological polar surface area (TPSA) is 64.4 Å². The molecular formula is C15H14BrFN2O3. The van der Waals surface area contributed by atoms with Crippen LogP contribution in [0.4, 0.5) is 4.39 Å². The van der Waals surface area contributed by atoms with E-state index >= 15 is 0 Å². The van der Waals surface area contributed by atoms with Gasteiger partial charge in [0.1, 0.15) is 11.6 Å². The summed E-state index contributed by atoms with van der Waals surface area (Å²) in [5, 5.41) is 6.50. The van der Waals surface area contributed by atoms with Crippen LogP contribution in [0.15, 0.2) is 33.3 Å². The highest BCUT2D eigenvalue weighted by Crippen LogP contribution is 2.41. The Kier molecular flexibility index (Phi) is 4.15. The highest BCUT2D eigenvalue weighted by atomic mass is 79.9. The molecule has 0 unspecified atom stereocenters. The van der Waals surface area contributed by atoms with Gasteiger partial charge in [-0.3, -0.25) is 4.79 Å². The van der Waals surface area contributed by atoms with E-state index in [1.807, 2.05) is 6.07 Å². The standard InChI is InChI=1S/C15H14BrFN2O3/c1-8-4-15(19-22-8)21-7-14(20)18-13-6-10(13)9-2-3-11(16)12(17)5-9/h2-5,10,13H,6-7H2,1H3,(H,18,20)/t10-,13+/m0/s1. The summed E-state index contributed by atoms with van der Waals surface area (Å²) in [6.45, 7) is 1.62. The average molecular weight is 369 g/mol. The van der Waals surface area contributed by atoms with E-state index in [1.54, 1.807) is 19.1 Å². The third-order valence-electron chi connectivity index (χ3n) is 3.47. The van der Waals surface area contributed by atoms with Crippen LogP contribution in [0.2, 0.25) is 0 Å². The lowest BCUT2D eigenvalue weighted by Gasteiger charge is -2.05. The summed E-state index contributed by atoms with van der Waals surface area (Å²) in [4.78, 5) is 11.8. The van der Waals surface area contributed by atoms with Crippen LogP contribution < -0.4 is 10.1 Å². The summed E-state index contributed by atoms with van der Waals surface area (Å²) in [6.07, 6.45) is 0.801. The number of aromatic nitrogens is 1. The summed E-state index contributed by atoms with van der Waals surface area (Å²) in [5.74, 6) is 0.538. The van der Waals surface area contributed by atoms with Gasteiger partial charge in [0, 0.05) is 18.0 Å². The third kappa shape index (κ3) is 3.47. The molecule has 2 atom stereocenters. The number of hydrogen-bond acceptors (Lipinski definition) is 4. The number of halogens is 2. The van der Waals surface area contributed by atoms with Gasteiger partial charge in [0.15, 0.2) is 6.61 Å². The Balaban J connectivity index is 1.48. The van der Waals surface area contributed by atoms with Crippen molar-refractivity contribution >= 4 is 21.8 Å². The van der Waals surface area contributed by atoms with Gasteiger partial charge in [0.25, 0.3) is 11.8 Å². The lowest BCUT2D eigenvalue weighted by atomic mass is 10.1. The first-order valence-corrected chi connectivity index (χ1v) is 7.62. The second-order valence-corrected chi connectivity index (χ2v) is 6.11. The van der Waals surface area contributed by atoms with Gasteiger partial charge < -0.3 is 14.6 Å². The molecule has 1 aromatic heterocycles. The summed E-state index contributed by atoms with van der Waals surface area (Å²) < 4.78 is 24.0. The van der Waals surface area contributed by atoms with Crippen LogP contribution in [0.1, 0.15) is 23.7 Å². The van der Waals surface area contributed by atoms with Crippen molar-refractivity contribution in [1.82, 2.24) is 10.5 Å². The van der Waals surface area contributed by atoms with Gasteiger partial charge in [0.05, 0.1) is 4.47 Å². The Labute approximate surface area is 134 Å². The van der Waals surface area contributed by atoms with Crippen LogP contribution in [0.3, 0.4) is 0 Å². The van der Waals surface area contributed by atoms with Gasteiger partial charge in [-0.15, -0.1) is 0 Å². The second-order valence-electron chi connectivity index (χ2n) is 5.25. The molecule has 22 heavy (non-hydrogen) atoms. The van der Waals surface area contributed by atoms with Gasteiger partial charge in [-0.25, -0.2) is 4.39 Å². The van der Waals surface area contributed by atoms with Crippen molar-refractivity contribution in [3.8, 4) is 5.88 Å². The lowest BCUT2D eigenvalue weighted by molar-refractivity contribution is -0.123. The van der Waals surface area contributed by atoms with Gasteiger partial charge in [-0.2, -0.15) is 0 Å². The molecule has 0 bridgehead atoms. The summed E-state index contributed by atoms with van der Waals surface area (Å²) in [6, 6.07) is 6.67. The monoisotopic (exact) mass is 368 g/mol. The highest BCUT2D eigenvalue weighted by Gasteiger charge is 2.39. The molecular weight excluding hydrogens is 355 g/mol. The number of hydrogen-bond donors (Lipinski definition) is 1. The number of carbonyl (C=O) groups excluding carboxylic acids is 1. The van der Waals surface area contributed by atoms with E-state index in [1.165, 1.54) is 6.07 Å². The molecule has 0 spiro atoms. The molecule has 7 heteroatoms. The third-order valence-corrected chi connectivity index (χ3v) is 4.11. The number of aryl methyl sites for hydroxylation is 1. The van der Waals surface area contributed by atoms with Crippen molar-refractivity contribution in [2.45, 2.75) is 25.3 Å². The summed E-state index contributed by atoms with van der Waals surface area (Å²) in [7, 11) is 0. The van der Waals surface area contributed by atoms with E-state index in [-0.39, 0.29) is 36.2 Å². The molecule has 1 aliphatic rings. The van der Waals surface area contributed by atoms with E-state index in [9.17, 15) is 9.18 Å². The minimum atomic E-state index is -0.292. The number of nitrogens with zero attached hydrogens (tertiary/aromatic N) is 1. The van der Waals surface area contributed by atoms with Crippen LogP contribution in [0, 0.1) is 12.7 Å². The van der Waals surface area contributed by atoms with E-state index in [0.29, 0.717) is 10.2 Å². The largest absolute Gasteiger partial charge is 0.465 e. The number of ether oxygens (including phenoxy) is 1. The molecule has 1 aromatic carbocycles. The zero-order chi connectivity index (χ0) is 15.7. The molecule has 3 rings (SSSR count). The molecule has 1 amide bonds. The van der Waals surface area contributed by atoms with Crippen LogP contribution in [-0.4, -0.2) is 23.7 Å². The maximum absolute atomic E-state index is 13.5. The van der Waals surface area contributed by atoms with Gasteiger partial charge >= 0.3 is 0 Å². The molecule has 1 aliphatic carbocycles. The van der Waals surface area contributed by atoms with E-state index in [4.69, 9.17) is 9.26 Å². The van der Waals surface area contributed by atoms with Crippen molar-refractivity contribution in [2.24, 2.45) is 0 Å². The predicted molar refractivity (Wildman–Crippen MR) is 80.1 cm³/mol. The Morgan fingerprint density at radius 2 is 2.36 bits per heavy atom. The molecule has 0 radical (unpaired) electrons.